The van der Waals surface area contributed by atoms with Crippen LogP contribution in [0, 0.1) is 11.3 Å². The van der Waals surface area contributed by atoms with Gasteiger partial charge in [-0.2, -0.15) is 5.26 Å². The molecule has 0 aliphatic heterocycles. The predicted octanol–water partition coefficient (Wildman–Crippen LogP) is 1.18. The Morgan fingerprint density at radius 3 is 1.73 bits per heavy atom. The van der Waals surface area contributed by atoms with Gasteiger partial charge in [0.15, 0.2) is 0 Å². The van der Waals surface area contributed by atoms with Crippen molar-refractivity contribution in [1.82, 2.24) is 10.9 Å². The number of nitriles is 1. The minimum absolute atomic E-state index is 0.00583. The Labute approximate surface area is 68.8 Å². The highest BCUT2D eigenvalue weighted by Gasteiger charge is 2.18. The molecule has 2 N–H and O–H groups in total. The molecule has 0 aromatic heterocycles. The lowest BCUT2D eigenvalue weighted by molar-refractivity contribution is 0.299. The predicted molar refractivity (Wildman–Crippen MR) is 45.7 cm³/mol. The van der Waals surface area contributed by atoms with E-state index in [2.05, 4.69) is 16.9 Å². The third-order valence-corrected chi connectivity index (χ3v) is 1.03. The second kappa shape index (κ2) is 3.21. The van der Waals surface area contributed by atoms with E-state index < -0.39 is 5.54 Å². The Morgan fingerprint density at radius 1 is 1.00 bits per heavy atom. The van der Waals surface area contributed by atoms with Gasteiger partial charge in [0.25, 0.3) is 0 Å². The molecule has 0 rings (SSSR count). The van der Waals surface area contributed by atoms with Crippen molar-refractivity contribution in [3.05, 3.63) is 0 Å². The van der Waals surface area contributed by atoms with Crippen molar-refractivity contribution in [3.63, 3.8) is 0 Å². The smallest absolute Gasteiger partial charge is 0.113 e. The molecule has 0 atom stereocenters. The molecule has 0 aliphatic carbocycles. The van der Waals surface area contributed by atoms with E-state index in [0.717, 1.165) is 0 Å². The van der Waals surface area contributed by atoms with Gasteiger partial charge in [0.1, 0.15) is 5.54 Å². The largest absolute Gasteiger partial charge is 0.251 e. The van der Waals surface area contributed by atoms with Gasteiger partial charge in [-0.05, 0) is 34.6 Å². The van der Waals surface area contributed by atoms with Crippen LogP contribution in [0.2, 0.25) is 0 Å². The van der Waals surface area contributed by atoms with Crippen molar-refractivity contribution in [2.24, 2.45) is 0 Å². The highest BCUT2D eigenvalue weighted by atomic mass is 15.4. The summed E-state index contributed by atoms with van der Waals surface area (Å²) in [4.78, 5) is 0. The molecule has 0 saturated heterocycles. The van der Waals surface area contributed by atoms with Crippen molar-refractivity contribution in [2.45, 2.75) is 45.7 Å². The van der Waals surface area contributed by atoms with E-state index in [1.165, 1.54) is 0 Å². The fraction of sp³-hybridized carbons (Fsp3) is 0.875. The van der Waals surface area contributed by atoms with Crippen LogP contribution in [0.3, 0.4) is 0 Å². The summed E-state index contributed by atoms with van der Waals surface area (Å²) < 4.78 is 0. The van der Waals surface area contributed by atoms with Crippen molar-refractivity contribution in [2.75, 3.05) is 0 Å². The first kappa shape index (κ1) is 10.4. The second-order valence-corrected chi connectivity index (χ2v) is 4.24. The van der Waals surface area contributed by atoms with E-state index in [0.29, 0.717) is 0 Å². The van der Waals surface area contributed by atoms with Crippen LogP contribution in [0.5, 0.6) is 0 Å². The summed E-state index contributed by atoms with van der Waals surface area (Å²) in [6.45, 7) is 9.76. The minimum atomic E-state index is -0.507. The van der Waals surface area contributed by atoms with Gasteiger partial charge in [-0.3, -0.25) is 5.43 Å². The Bertz CT molecular complexity index is 159. The van der Waals surface area contributed by atoms with Gasteiger partial charge in [-0.25, -0.2) is 5.43 Å². The van der Waals surface area contributed by atoms with Gasteiger partial charge >= 0.3 is 0 Å². The van der Waals surface area contributed by atoms with Gasteiger partial charge in [-0.1, -0.05) is 0 Å². The van der Waals surface area contributed by atoms with Crippen molar-refractivity contribution >= 4 is 0 Å². The number of nitrogens with one attached hydrogen (secondary N) is 2. The van der Waals surface area contributed by atoms with Crippen LogP contribution in [0.1, 0.15) is 34.6 Å². The van der Waals surface area contributed by atoms with Gasteiger partial charge in [0.05, 0.1) is 6.07 Å². The molecule has 0 heterocycles. The molecule has 0 saturated carbocycles. The Morgan fingerprint density at radius 2 is 1.45 bits per heavy atom. The highest BCUT2D eigenvalue weighted by Crippen LogP contribution is 2.01. The first-order valence-corrected chi connectivity index (χ1v) is 3.72. The number of hydrazine groups is 1. The van der Waals surface area contributed by atoms with Crippen LogP contribution < -0.4 is 10.9 Å². The number of rotatable bonds is 2. The zero-order chi connectivity index (χ0) is 9.12. The lowest BCUT2D eigenvalue weighted by atomic mass is 10.1. The molecular weight excluding hydrogens is 138 g/mol. The van der Waals surface area contributed by atoms with E-state index in [1.807, 2.05) is 34.6 Å². The molecule has 11 heavy (non-hydrogen) atoms. The quantitative estimate of drug-likeness (QED) is 0.589. The van der Waals surface area contributed by atoms with Crippen LogP contribution in [-0.4, -0.2) is 11.1 Å². The van der Waals surface area contributed by atoms with Crippen molar-refractivity contribution < 1.29 is 0 Å². The summed E-state index contributed by atoms with van der Waals surface area (Å²) in [7, 11) is 0. The maximum atomic E-state index is 8.64. The molecular formula is C8H17N3. The molecule has 0 aromatic rings. The molecule has 0 aromatic carbocycles. The molecule has 0 bridgehead atoms. The average Bonchev–Trinajstić information content (AvgIpc) is 1.83. The molecule has 0 radical (unpaired) electrons. The molecule has 3 heteroatoms. The lowest BCUT2D eigenvalue weighted by Gasteiger charge is -2.26. The van der Waals surface area contributed by atoms with Crippen LogP contribution in [0.15, 0.2) is 0 Å². The monoisotopic (exact) mass is 155 g/mol. The zero-order valence-corrected chi connectivity index (χ0v) is 7.95. The number of hydrogen-bond acceptors (Lipinski definition) is 3. The fourth-order valence-corrected chi connectivity index (χ4v) is 0.372. The van der Waals surface area contributed by atoms with Gasteiger partial charge in [-0.15, -0.1) is 0 Å². The third-order valence-electron chi connectivity index (χ3n) is 1.03. The van der Waals surface area contributed by atoms with Crippen LogP contribution in [-0.2, 0) is 0 Å². The molecule has 64 valence electrons. The zero-order valence-electron chi connectivity index (χ0n) is 7.95. The summed E-state index contributed by atoms with van der Waals surface area (Å²) in [6.07, 6.45) is 0. The topological polar surface area (TPSA) is 47.8 Å². The molecule has 0 aliphatic rings. The summed E-state index contributed by atoms with van der Waals surface area (Å²) in [5, 5.41) is 8.64. The van der Waals surface area contributed by atoms with Gasteiger partial charge in [0, 0.05) is 5.54 Å². The Balaban J connectivity index is 3.83. The Hall–Kier alpha value is -0.590. The molecule has 0 unspecified atom stereocenters. The maximum absolute atomic E-state index is 8.64. The summed E-state index contributed by atoms with van der Waals surface area (Å²) in [6, 6.07) is 2.14. The summed E-state index contributed by atoms with van der Waals surface area (Å²) >= 11 is 0. The van der Waals surface area contributed by atoms with Crippen LogP contribution >= 0.6 is 0 Å². The van der Waals surface area contributed by atoms with E-state index in [1.54, 1.807) is 0 Å². The van der Waals surface area contributed by atoms with E-state index in [9.17, 15) is 0 Å². The second-order valence-electron chi connectivity index (χ2n) is 4.24. The normalized spacial score (nSPS) is 12.7. The Kier molecular flexibility index (Phi) is 3.03. The number of nitrogens with zero attached hydrogens (tertiary/aromatic N) is 1. The average molecular weight is 155 g/mol. The lowest BCUT2D eigenvalue weighted by Crippen LogP contribution is -2.54. The first-order chi connectivity index (χ1) is 4.77. The molecule has 0 spiro atoms. The van der Waals surface area contributed by atoms with E-state index >= 15 is 0 Å². The van der Waals surface area contributed by atoms with Crippen molar-refractivity contribution in [1.29, 1.82) is 5.26 Å². The van der Waals surface area contributed by atoms with Gasteiger partial charge in [0.2, 0.25) is 0 Å². The summed E-state index contributed by atoms with van der Waals surface area (Å²) in [5.74, 6) is 0. The van der Waals surface area contributed by atoms with Crippen LogP contribution in [0.25, 0.3) is 0 Å². The van der Waals surface area contributed by atoms with Crippen molar-refractivity contribution in [3.8, 4) is 6.07 Å². The standard InChI is InChI=1S/C8H17N3/c1-7(2,3)10-11-8(4,5)6-9/h10-11H,1-5H3. The molecule has 0 fully saturated rings. The fourth-order valence-electron chi connectivity index (χ4n) is 0.372. The first-order valence-electron chi connectivity index (χ1n) is 3.72. The number of hydrogen-bond donors (Lipinski definition) is 2. The maximum Gasteiger partial charge on any atom is 0.113 e. The minimum Gasteiger partial charge on any atom is -0.251 e. The SMILES string of the molecule is CC(C)(C)NNC(C)(C)C#N. The van der Waals surface area contributed by atoms with E-state index in [4.69, 9.17) is 5.26 Å². The molecule has 0 amide bonds. The highest BCUT2D eigenvalue weighted by molar-refractivity contribution is 4.99. The van der Waals surface area contributed by atoms with E-state index in [-0.39, 0.29) is 5.54 Å². The van der Waals surface area contributed by atoms with Crippen LogP contribution in [0.4, 0.5) is 0 Å². The molecule has 3 nitrogen and oxygen atoms in total. The third kappa shape index (κ3) is 5.84. The summed E-state index contributed by atoms with van der Waals surface area (Å²) in [5.41, 5.74) is 5.47. The van der Waals surface area contributed by atoms with Gasteiger partial charge < -0.3 is 0 Å².